The quantitative estimate of drug-likeness (QED) is 0.294. The van der Waals surface area contributed by atoms with Crippen molar-refractivity contribution in [3.63, 3.8) is 0 Å². The average molecular weight is 559 g/mol. The van der Waals surface area contributed by atoms with E-state index in [0.717, 1.165) is 41.6 Å². The molecule has 0 aliphatic carbocycles. The number of amides is 2. The van der Waals surface area contributed by atoms with Gasteiger partial charge in [0.15, 0.2) is 11.6 Å². The lowest BCUT2D eigenvalue weighted by Crippen LogP contribution is -2.34. The zero-order valence-corrected chi connectivity index (χ0v) is 23.1. The molecule has 2 N–H and O–H groups in total. The second-order valence-corrected chi connectivity index (χ2v) is 9.92. The summed E-state index contributed by atoms with van der Waals surface area (Å²) in [4.78, 5) is 37.4. The van der Waals surface area contributed by atoms with E-state index in [1.807, 2.05) is 38.4 Å². The van der Waals surface area contributed by atoms with Crippen molar-refractivity contribution in [2.45, 2.75) is 19.4 Å². The molecule has 3 aromatic rings. The highest BCUT2D eigenvalue weighted by atomic mass is 19.2. The highest BCUT2D eigenvalue weighted by Crippen LogP contribution is 2.16. The first-order valence-electron chi connectivity index (χ1n) is 13.3. The molecule has 41 heavy (non-hydrogen) atoms. The van der Waals surface area contributed by atoms with Crippen LogP contribution in [0.5, 0.6) is 0 Å². The molecule has 0 radical (unpaired) electrons. The smallest absolute Gasteiger partial charge is 0.252 e. The fourth-order valence-electron chi connectivity index (χ4n) is 4.17. The summed E-state index contributed by atoms with van der Waals surface area (Å²) in [7, 11) is 3.99. The van der Waals surface area contributed by atoms with Crippen molar-refractivity contribution in [1.82, 2.24) is 25.4 Å². The number of carbonyl (C=O) groups is 2. The van der Waals surface area contributed by atoms with E-state index in [1.54, 1.807) is 17.4 Å². The minimum atomic E-state index is -0.912. The molecule has 2 aromatic carbocycles. The summed E-state index contributed by atoms with van der Waals surface area (Å²) >= 11 is 0. The number of aromatic nitrogens is 1. The Morgan fingerprint density at radius 3 is 2.66 bits per heavy atom. The highest BCUT2D eigenvalue weighted by Gasteiger charge is 2.16. The van der Waals surface area contributed by atoms with Crippen LogP contribution in [0.2, 0.25) is 0 Å². The number of aliphatic imine (C=N–C) groups is 1. The van der Waals surface area contributed by atoms with Gasteiger partial charge in [-0.15, -0.1) is 0 Å². The van der Waals surface area contributed by atoms with E-state index in [0.29, 0.717) is 49.3 Å². The van der Waals surface area contributed by atoms with Crippen molar-refractivity contribution in [2.24, 2.45) is 4.99 Å². The van der Waals surface area contributed by atoms with E-state index < -0.39 is 11.6 Å². The number of carbonyl (C=O) groups excluding carboxylic acids is 2. The number of pyridine rings is 1. The van der Waals surface area contributed by atoms with E-state index in [9.17, 15) is 18.4 Å². The van der Waals surface area contributed by atoms with Crippen molar-refractivity contribution in [3.05, 3.63) is 88.8 Å². The molecule has 0 fully saturated rings. The van der Waals surface area contributed by atoms with E-state index in [4.69, 9.17) is 0 Å². The molecule has 0 saturated carbocycles. The van der Waals surface area contributed by atoms with Crippen LogP contribution >= 0.6 is 0 Å². The summed E-state index contributed by atoms with van der Waals surface area (Å²) in [5.74, 6) is 3.93. The number of hydrogen-bond donors (Lipinski definition) is 2. The second-order valence-electron chi connectivity index (χ2n) is 9.92. The molecule has 0 spiro atoms. The van der Waals surface area contributed by atoms with Gasteiger partial charge in [-0.25, -0.2) is 13.8 Å². The Kier molecular flexibility index (Phi) is 10.1. The number of nitrogens with zero attached hydrogens (tertiary/aromatic N) is 4. The lowest BCUT2D eigenvalue weighted by molar-refractivity contribution is -0.117. The number of hydrogen-bond acceptors (Lipinski definition) is 6. The third-order valence-corrected chi connectivity index (χ3v) is 6.27. The van der Waals surface area contributed by atoms with Crippen molar-refractivity contribution in [3.8, 4) is 11.8 Å². The molecule has 0 atom stereocenters. The maximum Gasteiger partial charge on any atom is 0.252 e. The molecule has 0 bridgehead atoms. The molecule has 1 aromatic heterocycles. The molecular weight excluding hydrogens is 526 g/mol. The van der Waals surface area contributed by atoms with Crippen LogP contribution in [-0.2, 0) is 11.3 Å². The lowest BCUT2D eigenvalue weighted by Gasteiger charge is -2.23. The highest BCUT2D eigenvalue weighted by molar-refractivity contribution is 5.97. The first-order chi connectivity index (χ1) is 19.8. The van der Waals surface area contributed by atoms with Crippen LogP contribution in [0.15, 0.2) is 65.4 Å². The third kappa shape index (κ3) is 8.68. The summed E-state index contributed by atoms with van der Waals surface area (Å²) in [6.45, 7) is 2.43. The van der Waals surface area contributed by atoms with Crippen LogP contribution in [0.4, 0.5) is 8.78 Å². The van der Waals surface area contributed by atoms with Gasteiger partial charge in [-0.2, -0.15) is 0 Å². The van der Waals surface area contributed by atoms with Crippen LogP contribution < -0.4 is 10.6 Å². The van der Waals surface area contributed by atoms with Gasteiger partial charge in [0.1, 0.15) is 0 Å². The van der Waals surface area contributed by atoms with Crippen LogP contribution in [0.3, 0.4) is 0 Å². The molecule has 4 rings (SSSR count). The predicted molar refractivity (Wildman–Crippen MR) is 155 cm³/mol. The van der Waals surface area contributed by atoms with E-state index in [2.05, 4.69) is 37.4 Å². The molecule has 1 aliphatic heterocycles. The molecule has 212 valence electrons. The van der Waals surface area contributed by atoms with Gasteiger partial charge in [0, 0.05) is 49.4 Å². The van der Waals surface area contributed by atoms with Crippen LogP contribution in [0.25, 0.3) is 10.9 Å². The Bertz CT molecular complexity index is 1540. The Morgan fingerprint density at radius 1 is 1.02 bits per heavy atom. The lowest BCUT2D eigenvalue weighted by atomic mass is 10.1. The SMILES string of the molecule is CN(C)CCCNC(=O)c1cnc2ccc(C#CCCNC(=O)C3=CN=CN(Cc4ccc(F)c(F)c4)C3)cc2c1. The van der Waals surface area contributed by atoms with Gasteiger partial charge in [0.05, 0.1) is 29.5 Å². The summed E-state index contributed by atoms with van der Waals surface area (Å²) in [5.41, 5.74) is 3.09. The molecular formula is C31H32F2N6O2. The van der Waals surface area contributed by atoms with Crippen molar-refractivity contribution >= 4 is 29.1 Å². The predicted octanol–water partition coefficient (Wildman–Crippen LogP) is 3.48. The third-order valence-electron chi connectivity index (χ3n) is 6.27. The number of fused-ring (bicyclic) bond motifs is 1. The number of benzene rings is 2. The van der Waals surface area contributed by atoms with Gasteiger partial charge < -0.3 is 20.4 Å². The van der Waals surface area contributed by atoms with Crippen molar-refractivity contribution < 1.29 is 18.4 Å². The minimum absolute atomic E-state index is 0.156. The van der Waals surface area contributed by atoms with Gasteiger partial charge in [-0.3, -0.25) is 14.6 Å². The van der Waals surface area contributed by atoms with E-state index in [1.165, 1.54) is 12.3 Å². The van der Waals surface area contributed by atoms with E-state index >= 15 is 0 Å². The minimum Gasteiger partial charge on any atom is -0.354 e. The maximum atomic E-state index is 13.5. The number of rotatable bonds is 10. The second kappa shape index (κ2) is 14.1. The molecule has 2 amide bonds. The molecule has 0 unspecified atom stereocenters. The fourth-order valence-corrected chi connectivity index (χ4v) is 4.17. The summed E-state index contributed by atoms with van der Waals surface area (Å²) < 4.78 is 26.7. The number of nitrogens with one attached hydrogen (secondary N) is 2. The van der Waals surface area contributed by atoms with Crippen molar-refractivity contribution in [1.29, 1.82) is 0 Å². The topological polar surface area (TPSA) is 89.9 Å². The maximum absolute atomic E-state index is 13.5. The fraction of sp³-hybridized carbons (Fsp3) is 0.290. The molecule has 8 nitrogen and oxygen atoms in total. The Balaban J connectivity index is 1.25. The number of halogens is 2. The summed E-state index contributed by atoms with van der Waals surface area (Å²) in [6, 6.07) is 11.1. The molecule has 2 heterocycles. The van der Waals surface area contributed by atoms with Crippen LogP contribution in [-0.4, -0.2) is 73.2 Å². The van der Waals surface area contributed by atoms with E-state index in [-0.39, 0.29) is 11.8 Å². The van der Waals surface area contributed by atoms with Gasteiger partial charge in [-0.1, -0.05) is 17.9 Å². The van der Waals surface area contributed by atoms with Gasteiger partial charge in [-0.05, 0) is 69.0 Å². The first kappa shape index (κ1) is 29.4. The van der Waals surface area contributed by atoms with Crippen LogP contribution in [0, 0.1) is 23.5 Å². The monoisotopic (exact) mass is 558 g/mol. The first-order valence-corrected chi connectivity index (χ1v) is 13.3. The van der Waals surface area contributed by atoms with Crippen molar-refractivity contribution in [2.75, 3.05) is 40.3 Å². The Morgan fingerprint density at radius 2 is 1.85 bits per heavy atom. The average Bonchev–Trinajstić information content (AvgIpc) is 2.96. The zero-order valence-electron chi connectivity index (χ0n) is 23.1. The van der Waals surface area contributed by atoms with Crippen LogP contribution in [0.1, 0.15) is 34.3 Å². The Labute approximate surface area is 238 Å². The molecule has 0 saturated heterocycles. The summed E-state index contributed by atoms with van der Waals surface area (Å²) in [6.07, 6.45) is 5.93. The van der Waals surface area contributed by atoms with Gasteiger partial charge in [0.25, 0.3) is 11.8 Å². The largest absolute Gasteiger partial charge is 0.354 e. The molecule has 10 heteroatoms. The zero-order chi connectivity index (χ0) is 29.2. The molecule has 1 aliphatic rings. The normalized spacial score (nSPS) is 12.6. The Hall–Kier alpha value is -4.62. The summed E-state index contributed by atoms with van der Waals surface area (Å²) in [5, 5.41) is 6.59. The van der Waals surface area contributed by atoms with Gasteiger partial charge >= 0.3 is 0 Å². The van der Waals surface area contributed by atoms with Gasteiger partial charge in [0.2, 0.25) is 0 Å². The standard InChI is InChI=1S/C31H32F2N6O2/c1-38(2)13-5-12-36-30(40)25-16-24-14-22(8-10-29(24)37-18-25)6-3-4-11-35-31(41)26-17-34-21-39(20-26)19-23-7-9-27(32)28(33)15-23/h7-10,14-18,21H,4-5,11-13,19-20H2,1-2H3,(H,35,41)(H,36,40).